The fourth-order valence-corrected chi connectivity index (χ4v) is 3.16. The maximum atomic E-state index is 12.5. The van der Waals surface area contributed by atoms with Crippen LogP contribution in [0.4, 0.5) is 5.69 Å². The van der Waals surface area contributed by atoms with Crippen molar-refractivity contribution in [2.75, 3.05) is 5.32 Å². The largest absolute Gasteiger partial charge is 0.368 e. The predicted molar refractivity (Wildman–Crippen MR) is 107 cm³/mol. The highest BCUT2D eigenvalue weighted by Gasteiger charge is 2.13. The van der Waals surface area contributed by atoms with Gasteiger partial charge in [-0.1, -0.05) is 40.2 Å². The molecule has 3 N–H and O–H groups in total. The molecule has 2 amide bonds. The topological polar surface area (TPSA) is 101 Å². The number of aromatic nitrogens is 1. The van der Waals surface area contributed by atoms with E-state index < -0.39 is 11.8 Å². The molecule has 6 nitrogen and oxygen atoms in total. The van der Waals surface area contributed by atoms with Gasteiger partial charge in [0.1, 0.15) is 18.2 Å². The minimum atomic E-state index is -0.512. The lowest BCUT2D eigenvalue weighted by atomic mass is 10.1. The predicted octanol–water partition coefficient (Wildman–Crippen LogP) is 3.43. The lowest BCUT2D eigenvalue weighted by Gasteiger charge is -2.04. The highest BCUT2D eigenvalue weighted by Crippen LogP contribution is 2.24. The number of primary amides is 1. The van der Waals surface area contributed by atoms with Crippen molar-refractivity contribution in [3.8, 4) is 6.07 Å². The van der Waals surface area contributed by atoms with Gasteiger partial charge in [0.05, 0.1) is 0 Å². The van der Waals surface area contributed by atoms with Crippen LogP contribution in [0.5, 0.6) is 0 Å². The van der Waals surface area contributed by atoms with E-state index >= 15 is 0 Å². The Morgan fingerprint density at radius 3 is 2.70 bits per heavy atom. The Labute approximate surface area is 164 Å². The molecule has 2 aromatic carbocycles. The van der Waals surface area contributed by atoms with Gasteiger partial charge in [0.2, 0.25) is 5.91 Å². The smallest absolute Gasteiger partial charge is 0.266 e. The summed E-state index contributed by atoms with van der Waals surface area (Å²) >= 11 is 3.34. The fraction of sp³-hybridized carbons (Fsp3) is 0.0500. The summed E-state index contributed by atoms with van der Waals surface area (Å²) in [6.07, 6.45) is 3.21. The Morgan fingerprint density at radius 2 is 2.00 bits per heavy atom. The van der Waals surface area contributed by atoms with Crippen LogP contribution in [0, 0.1) is 11.3 Å². The molecule has 0 aliphatic rings. The van der Waals surface area contributed by atoms with Crippen LogP contribution in [0.15, 0.2) is 64.8 Å². The van der Waals surface area contributed by atoms with Crippen LogP contribution in [0.25, 0.3) is 17.0 Å². The van der Waals surface area contributed by atoms with Gasteiger partial charge in [-0.3, -0.25) is 9.59 Å². The van der Waals surface area contributed by atoms with Gasteiger partial charge in [-0.2, -0.15) is 5.26 Å². The normalized spacial score (nSPS) is 11.2. The van der Waals surface area contributed by atoms with Crippen LogP contribution in [0.1, 0.15) is 5.56 Å². The molecule has 0 aliphatic heterocycles. The minimum absolute atomic E-state index is 0.0144. The third kappa shape index (κ3) is 4.25. The molecule has 0 spiro atoms. The number of carbonyl (C=O) groups excluding carboxylic acids is 2. The van der Waals surface area contributed by atoms with Gasteiger partial charge >= 0.3 is 0 Å². The van der Waals surface area contributed by atoms with Crippen LogP contribution in [0.3, 0.4) is 0 Å². The van der Waals surface area contributed by atoms with Gasteiger partial charge in [-0.15, -0.1) is 0 Å². The molecule has 3 aromatic rings. The number of para-hydroxylation sites is 1. The Hall–Kier alpha value is -3.37. The number of benzene rings is 2. The first-order chi connectivity index (χ1) is 13.0. The zero-order chi connectivity index (χ0) is 19.4. The molecule has 0 fully saturated rings. The monoisotopic (exact) mass is 422 g/mol. The van der Waals surface area contributed by atoms with Gasteiger partial charge < -0.3 is 15.6 Å². The number of carbonyl (C=O) groups is 2. The van der Waals surface area contributed by atoms with E-state index in [-0.39, 0.29) is 12.1 Å². The standard InChI is InChI=1S/C20H15BrN4O2/c21-15-4-3-5-16(9-15)24-20(27)13(10-22)8-14-11-25(12-19(23)26)18-7-2-1-6-17(14)18/h1-9,11H,12H2,(H2,23,26)(H,24,27). The molecule has 0 radical (unpaired) electrons. The third-order valence-corrected chi connectivity index (χ3v) is 4.39. The molecule has 0 unspecified atom stereocenters. The molecule has 7 heteroatoms. The average molecular weight is 423 g/mol. The van der Waals surface area contributed by atoms with Gasteiger partial charge in [-0.05, 0) is 30.3 Å². The van der Waals surface area contributed by atoms with E-state index in [4.69, 9.17) is 5.73 Å². The molecule has 27 heavy (non-hydrogen) atoms. The second-order valence-corrected chi connectivity index (χ2v) is 6.75. The summed E-state index contributed by atoms with van der Waals surface area (Å²) in [7, 11) is 0. The molecule has 0 saturated carbocycles. The van der Waals surface area contributed by atoms with Crippen molar-refractivity contribution in [3.05, 3.63) is 70.3 Å². The van der Waals surface area contributed by atoms with Crippen LogP contribution in [-0.4, -0.2) is 16.4 Å². The van der Waals surface area contributed by atoms with E-state index in [1.807, 2.05) is 36.4 Å². The zero-order valence-electron chi connectivity index (χ0n) is 14.1. The maximum Gasteiger partial charge on any atom is 0.266 e. The summed E-state index contributed by atoms with van der Waals surface area (Å²) in [5.74, 6) is -0.985. The number of hydrogen-bond acceptors (Lipinski definition) is 3. The van der Waals surface area contributed by atoms with Gasteiger partial charge in [0.15, 0.2) is 0 Å². The summed E-state index contributed by atoms with van der Waals surface area (Å²) in [5, 5.41) is 13.0. The maximum absolute atomic E-state index is 12.5. The van der Waals surface area contributed by atoms with Crippen LogP contribution in [0.2, 0.25) is 0 Å². The molecule has 0 bridgehead atoms. The van der Waals surface area contributed by atoms with E-state index in [0.29, 0.717) is 11.3 Å². The number of amides is 2. The quantitative estimate of drug-likeness (QED) is 0.486. The van der Waals surface area contributed by atoms with Gasteiger partial charge in [-0.25, -0.2) is 0 Å². The minimum Gasteiger partial charge on any atom is -0.368 e. The fourth-order valence-electron chi connectivity index (χ4n) is 2.76. The van der Waals surface area contributed by atoms with Crippen molar-refractivity contribution in [1.82, 2.24) is 4.57 Å². The van der Waals surface area contributed by atoms with E-state index in [1.54, 1.807) is 29.0 Å². The number of nitrogens with one attached hydrogen (secondary N) is 1. The summed E-state index contributed by atoms with van der Waals surface area (Å²) < 4.78 is 2.52. The number of nitriles is 1. The first-order valence-corrected chi connectivity index (χ1v) is 8.82. The molecule has 3 rings (SSSR count). The summed E-state index contributed by atoms with van der Waals surface area (Å²) in [6, 6.07) is 16.4. The summed E-state index contributed by atoms with van der Waals surface area (Å²) in [5.41, 5.74) is 7.29. The number of nitrogens with zero attached hydrogens (tertiary/aromatic N) is 2. The van der Waals surface area contributed by atoms with Crippen LogP contribution >= 0.6 is 15.9 Å². The van der Waals surface area contributed by atoms with E-state index in [1.165, 1.54) is 6.08 Å². The molecule has 1 heterocycles. The zero-order valence-corrected chi connectivity index (χ0v) is 15.7. The Bertz CT molecular complexity index is 1110. The third-order valence-electron chi connectivity index (χ3n) is 3.89. The van der Waals surface area contributed by atoms with E-state index in [0.717, 1.165) is 15.4 Å². The highest BCUT2D eigenvalue weighted by atomic mass is 79.9. The van der Waals surface area contributed by atoms with Gasteiger partial charge in [0.25, 0.3) is 5.91 Å². The molecular weight excluding hydrogens is 408 g/mol. The van der Waals surface area contributed by atoms with Crippen molar-refractivity contribution >= 4 is 50.4 Å². The van der Waals surface area contributed by atoms with Crippen molar-refractivity contribution in [2.45, 2.75) is 6.54 Å². The number of halogens is 1. The van der Waals surface area contributed by atoms with Crippen molar-refractivity contribution in [1.29, 1.82) is 5.26 Å². The molecule has 0 saturated heterocycles. The number of hydrogen-bond donors (Lipinski definition) is 2. The number of anilines is 1. The van der Waals surface area contributed by atoms with Crippen molar-refractivity contribution in [3.63, 3.8) is 0 Å². The molecule has 0 atom stereocenters. The number of fused-ring (bicyclic) bond motifs is 1. The lowest BCUT2D eigenvalue weighted by Crippen LogP contribution is -2.17. The lowest BCUT2D eigenvalue weighted by molar-refractivity contribution is -0.118. The van der Waals surface area contributed by atoms with E-state index in [2.05, 4.69) is 21.2 Å². The molecule has 0 aliphatic carbocycles. The number of nitrogens with two attached hydrogens (primary N) is 1. The Balaban J connectivity index is 1.97. The average Bonchev–Trinajstić information content (AvgIpc) is 2.96. The SMILES string of the molecule is N#CC(=Cc1cn(CC(N)=O)c2ccccc12)C(=O)Nc1cccc(Br)c1. The highest BCUT2D eigenvalue weighted by molar-refractivity contribution is 9.10. The Kier molecular flexibility index (Phi) is 5.38. The molecule has 134 valence electrons. The summed E-state index contributed by atoms with van der Waals surface area (Å²) in [6.45, 7) is 0.0144. The second kappa shape index (κ2) is 7.89. The summed E-state index contributed by atoms with van der Waals surface area (Å²) in [4.78, 5) is 23.8. The van der Waals surface area contributed by atoms with Gasteiger partial charge in [0, 0.05) is 32.8 Å². The molecular formula is C20H15BrN4O2. The van der Waals surface area contributed by atoms with Crippen molar-refractivity contribution < 1.29 is 9.59 Å². The van der Waals surface area contributed by atoms with E-state index in [9.17, 15) is 14.9 Å². The first-order valence-electron chi connectivity index (χ1n) is 8.03. The Morgan fingerprint density at radius 1 is 1.22 bits per heavy atom. The van der Waals surface area contributed by atoms with Crippen molar-refractivity contribution in [2.24, 2.45) is 5.73 Å². The van der Waals surface area contributed by atoms with Crippen LogP contribution < -0.4 is 11.1 Å². The van der Waals surface area contributed by atoms with Crippen LogP contribution in [-0.2, 0) is 16.1 Å². The first kappa shape index (κ1) is 18.4. The second-order valence-electron chi connectivity index (χ2n) is 5.83. The molecule has 1 aromatic heterocycles. The number of rotatable bonds is 5.